The highest BCUT2D eigenvalue weighted by atomic mass is 32.1. The molecule has 1 aromatic heterocycles. The van der Waals surface area contributed by atoms with Crippen LogP contribution < -0.4 is 14.8 Å². The summed E-state index contributed by atoms with van der Waals surface area (Å²) in [5.41, 5.74) is 3.29. The number of thiazole rings is 1. The first-order chi connectivity index (χ1) is 20.6. The summed E-state index contributed by atoms with van der Waals surface area (Å²) >= 11 is 1.50. The average Bonchev–Trinajstić information content (AvgIpc) is 3.51. The highest BCUT2D eigenvalue weighted by Crippen LogP contribution is 2.33. The number of carbonyl (C=O) groups excluding carboxylic acids is 2. The molecule has 1 heterocycles. The topological polar surface area (TPSA) is 80.8 Å². The van der Waals surface area contributed by atoms with Gasteiger partial charge < -0.3 is 19.7 Å². The van der Waals surface area contributed by atoms with Crippen molar-refractivity contribution in [1.82, 2.24) is 9.88 Å². The van der Waals surface area contributed by atoms with E-state index in [9.17, 15) is 9.59 Å². The minimum absolute atomic E-state index is 0.0486. The van der Waals surface area contributed by atoms with Crippen LogP contribution in [0.4, 0.5) is 5.69 Å². The second-order valence-electron chi connectivity index (χ2n) is 10.2. The van der Waals surface area contributed by atoms with Crippen molar-refractivity contribution in [2.45, 2.75) is 38.3 Å². The molecule has 0 radical (unpaired) electrons. The number of methoxy groups -OCH3 is 2. The van der Waals surface area contributed by atoms with Gasteiger partial charge in [-0.25, -0.2) is 4.98 Å². The number of aromatic nitrogens is 1. The molecule has 5 rings (SSSR count). The molecule has 3 aromatic carbocycles. The minimum atomic E-state index is -0.706. The Bertz CT molecular complexity index is 1520. The van der Waals surface area contributed by atoms with Crippen molar-refractivity contribution >= 4 is 28.8 Å². The molecule has 1 aliphatic carbocycles. The number of ether oxygens (including phenoxy) is 2. The van der Waals surface area contributed by atoms with E-state index in [0.717, 1.165) is 34.7 Å². The van der Waals surface area contributed by atoms with Gasteiger partial charge in [-0.3, -0.25) is 9.59 Å². The molecule has 2 unspecified atom stereocenters. The predicted molar refractivity (Wildman–Crippen MR) is 167 cm³/mol. The molecule has 42 heavy (non-hydrogen) atoms. The zero-order chi connectivity index (χ0) is 29.3. The third kappa shape index (κ3) is 7.06. The van der Waals surface area contributed by atoms with Crippen molar-refractivity contribution in [3.63, 3.8) is 0 Å². The van der Waals surface area contributed by atoms with Gasteiger partial charge in [0, 0.05) is 17.0 Å². The lowest BCUT2D eigenvalue weighted by atomic mass is 9.85. The third-order valence-electron chi connectivity index (χ3n) is 7.47. The van der Waals surface area contributed by atoms with Gasteiger partial charge in [-0.1, -0.05) is 72.8 Å². The Kier molecular flexibility index (Phi) is 9.66. The van der Waals surface area contributed by atoms with Crippen molar-refractivity contribution in [2.75, 3.05) is 19.5 Å². The summed E-state index contributed by atoms with van der Waals surface area (Å²) in [4.78, 5) is 34.9. The van der Waals surface area contributed by atoms with Gasteiger partial charge in [0.15, 0.2) is 0 Å². The van der Waals surface area contributed by atoms with Crippen LogP contribution in [0.15, 0.2) is 96.4 Å². The van der Waals surface area contributed by atoms with Gasteiger partial charge in [-0.05, 0) is 42.9 Å². The lowest BCUT2D eigenvalue weighted by molar-refractivity contribution is -0.141. The number of rotatable bonds is 11. The van der Waals surface area contributed by atoms with Crippen LogP contribution in [-0.4, -0.2) is 42.0 Å². The summed E-state index contributed by atoms with van der Waals surface area (Å²) < 4.78 is 10.9. The van der Waals surface area contributed by atoms with Crippen LogP contribution in [0, 0.1) is 5.92 Å². The van der Waals surface area contributed by atoms with E-state index in [1.807, 2.05) is 66.0 Å². The number of hydrogen-bond donors (Lipinski definition) is 1. The molecule has 4 aromatic rings. The number of allylic oxidation sites excluding steroid dienone is 2. The van der Waals surface area contributed by atoms with Gasteiger partial charge in [-0.15, -0.1) is 11.3 Å². The zero-order valence-corrected chi connectivity index (χ0v) is 24.7. The van der Waals surface area contributed by atoms with Crippen LogP contribution >= 0.6 is 11.3 Å². The predicted octanol–water partition coefficient (Wildman–Crippen LogP) is 6.76. The van der Waals surface area contributed by atoms with Crippen molar-refractivity contribution in [3.05, 3.63) is 107 Å². The maximum atomic E-state index is 14.2. The maximum absolute atomic E-state index is 14.2. The summed E-state index contributed by atoms with van der Waals surface area (Å²) in [5.74, 6) is 0.692. The quantitative estimate of drug-likeness (QED) is 0.198. The molecule has 216 valence electrons. The van der Waals surface area contributed by atoms with E-state index in [0.29, 0.717) is 23.6 Å². The summed E-state index contributed by atoms with van der Waals surface area (Å²) in [6, 6.07) is 24.2. The minimum Gasteiger partial charge on any atom is -0.497 e. The smallest absolute Gasteiger partial charge is 0.247 e. The van der Waals surface area contributed by atoms with E-state index in [2.05, 4.69) is 17.5 Å². The van der Waals surface area contributed by atoms with E-state index in [4.69, 9.17) is 14.5 Å². The highest BCUT2D eigenvalue weighted by Gasteiger charge is 2.37. The SMILES string of the molecule is COc1ccc(NC(=O)C(C2CC=CCC2)N(Cc2nc(-c3ccccc3)cs2)C(=O)Cc2ccccc2)c(OC)c1. The lowest BCUT2D eigenvalue weighted by Crippen LogP contribution is -2.51. The highest BCUT2D eigenvalue weighted by molar-refractivity contribution is 7.09. The summed E-state index contributed by atoms with van der Waals surface area (Å²) in [6.45, 7) is 0.237. The van der Waals surface area contributed by atoms with Crippen LogP contribution in [0.25, 0.3) is 11.3 Å². The monoisotopic (exact) mass is 581 g/mol. The largest absolute Gasteiger partial charge is 0.497 e. The fourth-order valence-electron chi connectivity index (χ4n) is 5.31. The number of anilines is 1. The number of hydrogen-bond acceptors (Lipinski definition) is 6. The van der Waals surface area contributed by atoms with E-state index in [-0.39, 0.29) is 30.7 Å². The molecule has 0 fully saturated rings. The number of nitrogens with zero attached hydrogens (tertiary/aromatic N) is 2. The van der Waals surface area contributed by atoms with Gasteiger partial charge >= 0.3 is 0 Å². The van der Waals surface area contributed by atoms with Gasteiger partial charge in [0.05, 0.1) is 38.6 Å². The van der Waals surface area contributed by atoms with E-state index in [1.54, 1.807) is 37.3 Å². The Morgan fingerprint density at radius 1 is 1.00 bits per heavy atom. The Morgan fingerprint density at radius 2 is 1.76 bits per heavy atom. The average molecular weight is 582 g/mol. The van der Waals surface area contributed by atoms with Gasteiger partial charge in [0.25, 0.3) is 0 Å². The maximum Gasteiger partial charge on any atom is 0.247 e. The lowest BCUT2D eigenvalue weighted by Gasteiger charge is -2.36. The first-order valence-electron chi connectivity index (χ1n) is 14.1. The molecular formula is C34H35N3O4S. The van der Waals surface area contributed by atoms with Crippen molar-refractivity contribution in [1.29, 1.82) is 0 Å². The van der Waals surface area contributed by atoms with Crippen LogP contribution in [0.2, 0.25) is 0 Å². The second kappa shape index (κ2) is 14.0. The summed E-state index contributed by atoms with van der Waals surface area (Å²) in [6.07, 6.45) is 6.81. The molecule has 1 N–H and O–H groups in total. The molecule has 0 saturated heterocycles. The van der Waals surface area contributed by atoms with Gasteiger partial charge in [-0.2, -0.15) is 0 Å². The standard InChI is InChI=1S/C34H35N3O4S/c1-40-27-18-19-28(30(21-27)41-2)36-34(39)33(26-16-10-5-11-17-26)37(32(38)20-24-12-6-3-7-13-24)22-31-35-29(23-42-31)25-14-8-4-9-15-25/h3-10,12-15,18-19,21,23,26,33H,11,16-17,20,22H2,1-2H3,(H,36,39). The summed E-state index contributed by atoms with van der Waals surface area (Å²) in [7, 11) is 3.13. The van der Waals surface area contributed by atoms with Crippen LogP contribution in [0.3, 0.4) is 0 Å². The Labute approximate surface area is 250 Å². The molecule has 7 nitrogen and oxygen atoms in total. The van der Waals surface area contributed by atoms with Crippen molar-refractivity contribution < 1.29 is 19.1 Å². The van der Waals surface area contributed by atoms with Crippen LogP contribution in [0.1, 0.15) is 29.8 Å². The fourth-order valence-corrected chi connectivity index (χ4v) is 6.11. The molecule has 2 atom stereocenters. The number of carbonyl (C=O) groups is 2. The van der Waals surface area contributed by atoms with E-state index in [1.165, 1.54) is 11.3 Å². The normalized spacial score (nSPS) is 15.0. The van der Waals surface area contributed by atoms with Crippen molar-refractivity contribution in [2.24, 2.45) is 5.92 Å². The molecule has 0 bridgehead atoms. The van der Waals surface area contributed by atoms with E-state index < -0.39 is 6.04 Å². The molecule has 1 aliphatic rings. The molecule has 0 spiro atoms. The van der Waals surface area contributed by atoms with Crippen LogP contribution in [0.5, 0.6) is 11.5 Å². The number of amides is 2. The van der Waals surface area contributed by atoms with Gasteiger partial charge in [0.2, 0.25) is 11.8 Å². The summed E-state index contributed by atoms with van der Waals surface area (Å²) in [5, 5.41) is 5.86. The molecular weight excluding hydrogens is 546 g/mol. The Hall–Kier alpha value is -4.43. The first kappa shape index (κ1) is 29.1. The Morgan fingerprint density at radius 3 is 2.45 bits per heavy atom. The van der Waals surface area contributed by atoms with Crippen LogP contribution in [-0.2, 0) is 22.6 Å². The van der Waals surface area contributed by atoms with E-state index >= 15 is 0 Å². The Balaban J connectivity index is 1.49. The number of benzene rings is 3. The second-order valence-corrected chi connectivity index (χ2v) is 11.2. The fraction of sp³-hybridized carbons (Fsp3) is 0.265. The molecule has 0 saturated carbocycles. The first-order valence-corrected chi connectivity index (χ1v) is 14.9. The molecule has 2 amide bonds. The third-order valence-corrected chi connectivity index (χ3v) is 8.31. The van der Waals surface area contributed by atoms with Crippen molar-refractivity contribution in [3.8, 4) is 22.8 Å². The van der Waals surface area contributed by atoms with Gasteiger partial charge in [0.1, 0.15) is 22.5 Å². The molecule has 8 heteroatoms. The molecule has 0 aliphatic heterocycles. The zero-order valence-electron chi connectivity index (χ0n) is 23.9. The number of nitrogens with one attached hydrogen (secondary N) is 1.